The molecule has 0 bridgehead atoms. The summed E-state index contributed by atoms with van der Waals surface area (Å²) >= 11 is 0. The van der Waals surface area contributed by atoms with Crippen molar-refractivity contribution in [2.45, 2.75) is 38.9 Å². The van der Waals surface area contributed by atoms with Gasteiger partial charge in [0, 0.05) is 6.92 Å². The molecule has 15 heavy (non-hydrogen) atoms. The van der Waals surface area contributed by atoms with Gasteiger partial charge in [-0.2, -0.15) is 4.98 Å². The van der Waals surface area contributed by atoms with Crippen LogP contribution < -0.4 is 5.73 Å². The summed E-state index contributed by atoms with van der Waals surface area (Å²) in [6.45, 7) is 2.91. The first-order valence-electron chi connectivity index (χ1n) is 5.40. The van der Waals surface area contributed by atoms with Crippen molar-refractivity contribution in [3.05, 3.63) is 11.7 Å². The van der Waals surface area contributed by atoms with Gasteiger partial charge in [-0.05, 0) is 25.3 Å². The van der Waals surface area contributed by atoms with Crippen molar-refractivity contribution >= 4 is 0 Å². The molecule has 2 atom stereocenters. The minimum atomic E-state index is 0.272. The minimum absolute atomic E-state index is 0.272. The summed E-state index contributed by atoms with van der Waals surface area (Å²) in [4.78, 5) is 4.09. The highest BCUT2D eigenvalue weighted by Gasteiger charge is 2.26. The van der Waals surface area contributed by atoms with Crippen molar-refractivity contribution in [3.8, 4) is 0 Å². The first-order valence-corrected chi connectivity index (χ1v) is 5.40. The van der Waals surface area contributed by atoms with Crippen LogP contribution in [0.25, 0.3) is 0 Å². The highest BCUT2D eigenvalue weighted by atomic mass is 16.5. The quantitative estimate of drug-likeness (QED) is 0.804. The molecule has 1 fully saturated rings. The number of nitrogens with zero attached hydrogens (tertiary/aromatic N) is 2. The van der Waals surface area contributed by atoms with Gasteiger partial charge >= 0.3 is 0 Å². The summed E-state index contributed by atoms with van der Waals surface area (Å²) < 4.78 is 10.6. The maximum absolute atomic E-state index is 5.74. The van der Waals surface area contributed by atoms with E-state index in [1.165, 1.54) is 12.8 Å². The zero-order valence-electron chi connectivity index (χ0n) is 8.98. The second-order valence-corrected chi connectivity index (χ2v) is 4.01. The summed E-state index contributed by atoms with van der Waals surface area (Å²) in [5.41, 5.74) is 5.67. The zero-order valence-corrected chi connectivity index (χ0v) is 8.98. The van der Waals surface area contributed by atoms with E-state index in [1.807, 2.05) is 0 Å². The number of ether oxygens (including phenoxy) is 1. The summed E-state index contributed by atoms with van der Waals surface area (Å²) in [6.07, 6.45) is 3.75. The fourth-order valence-electron chi connectivity index (χ4n) is 2.07. The van der Waals surface area contributed by atoms with Gasteiger partial charge in [0.1, 0.15) is 6.61 Å². The Morgan fingerprint density at radius 3 is 3.07 bits per heavy atom. The normalized spacial score (nSPS) is 26.0. The van der Waals surface area contributed by atoms with Gasteiger partial charge in [0.2, 0.25) is 5.89 Å². The van der Waals surface area contributed by atoms with Crippen LogP contribution in [0.15, 0.2) is 4.52 Å². The van der Waals surface area contributed by atoms with Crippen LogP contribution in [0.2, 0.25) is 0 Å². The molecule has 5 nitrogen and oxygen atoms in total. The Bertz CT molecular complexity index is 313. The van der Waals surface area contributed by atoms with E-state index in [9.17, 15) is 0 Å². The number of hydrogen-bond acceptors (Lipinski definition) is 5. The van der Waals surface area contributed by atoms with E-state index in [0.717, 1.165) is 6.42 Å². The van der Waals surface area contributed by atoms with E-state index in [1.54, 1.807) is 6.92 Å². The predicted octanol–water partition coefficient (Wildman–Crippen LogP) is 1.02. The molecule has 1 aromatic rings. The van der Waals surface area contributed by atoms with Crippen molar-refractivity contribution in [2.75, 3.05) is 6.54 Å². The minimum Gasteiger partial charge on any atom is -0.370 e. The molecule has 5 heteroatoms. The van der Waals surface area contributed by atoms with E-state index in [-0.39, 0.29) is 6.10 Å². The van der Waals surface area contributed by atoms with Crippen molar-refractivity contribution in [1.82, 2.24) is 10.1 Å². The molecule has 0 radical (unpaired) electrons. The maximum atomic E-state index is 5.74. The lowest BCUT2D eigenvalue weighted by Crippen LogP contribution is -2.25. The Morgan fingerprint density at radius 1 is 1.53 bits per heavy atom. The van der Waals surface area contributed by atoms with E-state index >= 15 is 0 Å². The third kappa shape index (κ3) is 2.54. The maximum Gasteiger partial charge on any atom is 0.223 e. The molecule has 84 valence electrons. The van der Waals surface area contributed by atoms with E-state index in [2.05, 4.69) is 10.1 Å². The van der Waals surface area contributed by atoms with Crippen LogP contribution in [0.5, 0.6) is 0 Å². The number of rotatable bonds is 4. The standard InChI is InChI=1S/C10H17N3O2/c1-7-12-10(13-15-7)6-14-9-4-2-3-8(9)5-11/h8-9H,2-6,11H2,1H3. The van der Waals surface area contributed by atoms with Gasteiger partial charge in [-0.1, -0.05) is 11.6 Å². The monoisotopic (exact) mass is 211 g/mol. The van der Waals surface area contributed by atoms with Crippen molar-refractivity contribution in [1.29, 1.82) is 0 Å². The molecule has 2 N–H and O–H groups in total. The number of aryl methyl sites for hydroxylation is 1. The first kappa shape index (κ1) is 10.6. The summed E-state index contributed by atoms with van der Waals surface area (Å²) in [7, 11) is 0. The van der Waals surface area contributed by atoms with Gasteiger partial charge in [-0.3, -0.25) is 0 Å². The Morgan fingerprint density at radius 2 is 2.40 bits per heavy atom. The first-order chi connectivity index (χ1) is 7.29. The number of hydrogen-bond donors (Lipinski definition) is 1. The third-order valence-corrected chi connectivity index (χ3v) is 2.89. The molecular formula is C10H17N3O2. The predicted molar refractivity (Wildman–Crippen MR) is 54.0 cm³/mol. The van der Waals surface area contributed by atoms with Crippen LogP contribution in [0.3, 0.4) is 0 Å². The van der Waals surface area contributed by atoms with Crippen LogP contribution in [0.1, 0.15) is 31.0 Å². The smallest absolute Gasteiger partial charge is 0.223 e. The Labute approximate surface area is 89.0 Å². The lowest BCUT2D eigenvalue weighted by molar-refractivity contribution is 0.0140. The topological polar surface area (TPSA) is 74.2 Å². The molecule has 1 saturated carbocycles. The van der Waals surface area contributed by atoms with Gasteiger partial charge in [-0.15, -0.1) is 0 Å². The molecule has 2 unspecified atom stereocenters. The van der Waals surface area contributed by atoms with E-state index < -0.39 is 0 Å². The van der Waals surface area contributed by atoms with Gasteiger partial charge in [0.25, 0.3) is 0 Å². The van der Waals surface area contributed by atoms with E-state index in [4.69, 9.17) is 15.0 Å². The van der Waals surface area contributed by atoms with Gasteiger partial charge < -0.3 is 15.0 Å². The van der Waals surface area contributed by atoms with Gasteiger partial charge in [0.15, 0.2) is 5.82 Å². The van der Waals surface area contributed by atoms with Crippen LogP contribution >= 0.6 is 0 Å². The van der Waals surface area contributed by atoms with E-state index in [0.29, 0.717) is 30.8 Å². The molecule has 0 aliphatic heterocycles. The molecular weight excluding hydrogens is 194 g/mol. The Balaban J connectivity index is 1.82. The third-order valence-electron chi connectivity index (χ3n) is 2.89. The molecule has 2 rings (SSSR count). The molecule has 0 amide bonds. The molecule has 1 aromatic heterocycles. The second-order valence-electron chi connectivity index (χ2n) is 4.01. The van der Waals surface area contributed by atoms with Crippen LogP contribution in [-0.4, -0.2) is 22.8 Å². The lowest BCUT2D eigenvalue weighted by Gasteiger charge is -2.17. The average Bonchev–Trinajstić information content (AvgIpc) is 2.83. The zero-order chi connectivity index (χ0) is 10.7. The molecule has 1 aliphatic carbocycles. The highest BCUT2D eigenvalue weighted by molar-refractivity contribution is 4.83. The lowest BCUT2D eigenvalue weighted by atomic mass is 10.1. The molecule has 0 aromatic carbocycles. The molecule has 1 heterocycles. The van der Waals surface area contributed by atoms with Crippen LogP contribution in [0.4, 0.5) is 0 Å². The Hall–Kier alpha value is -0.940. The molecule has 0 saturated heterocycles. The molecule has 1 aliphatic rings. The summed E-state index contributed by atoms with van der Waals surface area (Å²) in [6, 6.07) is 0. The average molecular weight is 211 g/mol. The van der Waals surface area contributed by atoms with Crippen LogP contribution in [0, 0.1) is 12.8 Å². The van der Waals surface area contributed by atoms with Gasteiger partial charge in [-0.25, -0.2) is 0 Å². The van der Waals surface area contributed by atoms with Crippen LogP contribution in [-0.2, 0) is 11.3 Å². The summed E-state index contributed by atoms with van der Waals surface area (Å²) in [5.74, 6) is 1.70. The SMILES string of the molecule is Cc1nc(COC2CCCC2CN)no1. The fourth-order valence-corrected chi connectivity index (χ4v) is 2.07. The number of nitrogens with two attached hydrogens (primary N) is 1. The number of aromatic nitrogens is 2. The Kier molecular flexibility index (Phi) is 3.33. The highest BCUT2D eigenvalue weighted by Crippen LogP contribution is 2.27. The molecule has 0 spiro atoms. The summed E-state index contributed by atoms with van der Waals surface area (Å²) in [5, 5.41) is 3.79. The van der Waals surface area contributed by atoms with Crippen molar-refractivity contribution in [2.24, 2.45) is 11.7 Å². The van der Waals surface area contributed by atoms with Crippen molar-refractivity contribution in [3.63, 3.8) is 0 Å². The van der Waals surface area contributed by atoms with Crippen molar-refractivity contribution < 1.29 is 9.26 Å². The second kappa shape index (κ2) is 4.72. The fraction of sp³-hybridized carbons (Fsp3) is 0.800. The van der Waals surface area contributed by atoms with Gasteiger partial charge in [0.05, 0.1) is 6.10 Å². The largest absolute Gasteiger partial charge is 0.370 e.